The SMILES string of the molecule is COCCCNc1nccc(C(=O)O)c1F. The highest BCUT2D eigenvalue weighted by Gasteiger charge is 2.14. The molecular weight excluding hydrogens is 215 g/mol. The van der Waals surface area contributed by atoms with Crippen LogP contribution in [0.15, 0.2) is 12.3 Å². The number of ether oxygens (including phenoxy) is 1. The third kappa shape index (κ3) is 3.16. The highest BCUT2D eigenvalue weighted by molar-refractivity contribution is 5.88. The molecule has 0 fully saturated rings. The summed E-state index contributed by atoms with van der Waals surface area (Å²) in [5, 5.41) is 11.4. The molecule has 5 nitrogen and oxygen atoms in total. The Morgan fingerprint density at radius 1 is 1.69 bits per heavy atom. The fourth-order valence-electron chi connectivity index (χ4n) is 1.16. The molecule has 0 bridgehead atoms. The van der Waals surface area contributed by atoms with Crippen molar-refractivity contribution in [2.45, 2.75) is 6.42 Å². The molecule has 0 aliphatic rings. The lowest BCUT2D eigenvalue weighted by Gasteiger charge is -2.07. The Kier molecular flexibility index (Phi) is 4.65. The number of carbonyl (C=O) groups is 1. The van der Waals surface area contributed by atoms with Crippen LogP contribution < -0.4 is 5.32 Å². The summed E-state index contributed by atoms with van der Waals surface area (Å²) in [4.78, 5) is 14.4. The van der Waals surface area contributed by atoms with Gasteiger partial charge < -0.3 is 15.2 Å². The van der Waals surface area contributed by atoms with Gasteiger partial charge in [0, 0.05) is 26.5 Å². The normalized spacial score (nSPS) is 10.1. The van der Waals surface area contributed by atoms with Crippen molar-refractivity contribution in [3.05, 3.63) is 23.6 Å². The third-order valence-electron chi connectivity index (χ3n) is 1.94. The standard InChI is InChI=1S/C10H13FN2O3/c1-16-6-2-4-12-9-8(11)7(10(14)15)3-5-13-9/h3,5H,2,4,6H2,1H3,(H,12,13)(H,14,15). The Hall–Kier alpha value is -1.69. The van der Waals surface area contributed by atoms with Gasteiger partial charge in [0.1, 0.15) is 5.56 Å². The molecule has 0 aromatic carbocycles. The molecule has 88 valence electrons. The molecule has 16 heavy (non-hydrogen) atoms. The van der Waals surface area contributed by atoms with Gasteiger partial charge in [-0.2, -0.15) is 0 Å². The van der Waals surface area contributed by atoms with Crippen LogP contribution in [0.2, 0.25) is 0 Å². The van der Waals surface area contributed by atoms with E-state index in [0.717, 1.165) is 6.07 Å². The zero-order valence-electron chi connectivity index (χ0n) is 8.86. The molecule has 0 spiro atoms. The minimum atomic E-state index is -1.31. The van der Waals surface area contributed by atoms with E-state index in [0.29, 0.717) is 19.6 Å². The number of carboxylic acids is 1. The molecule has 0 saturated carbocycles. The fourth-order valence-corrected chi connectivity index (χ4v) is 1.16. The largest absolute Gasteiger partial charge is 0.478 e. The zero-order valence-corrected chi connectivity index (χ0v) is 8.86. The average molecular weight is 228 g/mol. The second kappa shape index (κ2) is 6.02. The van der Waals surface area contributed by atoms with E-state index in [2.05, 4.69) is 10.3 Å². The molecule has 1 rings (SSSR count). The summed E-state index contributed by atoms with van der Waals surface area (Å²) >= 11 is 0. The van der Waals surface area contributed by atoms with Crippen molar-refractivity contribution in [1.82, 2.24) is 4.98 Å². The van der Waals surface area contributed by atoms with Crippen LogP contribution >= 0.6 is 0 Å². The molecule has 0 aliphatic carbocycles. The number of halogens is 1. The molecule has 1 aromatic heterocycles. The zero-order chi connectivity index (χ0) is 12.0. The number of nitrogens with zero attached hydrogens (tertiary/aromatic N) is 1. The van der Waals surface area contributed by atoms with Crippen LogP contribution in [-0.2, 0) is 4.74 Å². The maximum absolute atomic E-state index is 13.5. The second-order valence-corrected chi connectivity index (χ2v) is 3.10. The van der Waals surface area contributed by atoms with Gasteiger partial charge >= 0.3 is 5.97 Å². The highest BCUT2D eigenvalue weighted by atomic mass is 19.1. The first kappa shape index (κ1) is 12.4. The molecule has 2 N–H and O–H groups in total. The van der Waals surface area contributed by atoms with E-state index in [1.807, 2.05) is 0 Å². The van der Waals surface area contributed by atoms with Gasteiger partial charge in [0.05, 0.1) is 0 Å². The van der Waals surface area contributed by atoms with Crippen molar-refractivity contribution in [2.75, 3.05) is 25.6 Å². The van der Waals surface area contributed by atoms with E-state index < -0.39 is 11.8 Å². The molecule has 1 heterocycles. The number of aromatic carboxylic acids is 1. The van der Waals surface area contributed by atoms with Crippen molar-refractivity contribution < 1.29 is 19.0 Å². The summed E-state index contributed by atoms with van der Waals surface area (Å²) in [5.74, 6) is -2.19. The van der Waals surface area contributed by atoms with Crippen LogP contribution in [0, 0.1) is 5.82 Å². The Bertz CT molecular complexity index is 371. The van der Waals surface area contributed by atoms with E-state index in [-0.39, 0.29) is 11.4 Å². The lowest BCUT2D eigenvalue weighted by Crippen LogP contribution is -2.10. The van der Waals surface area contributed by atoms with Gasteiger partial charge in [-0.05, 0) is 12.5 Å². The number of methoxy groups -OCH3 is 1. The van der Waals surface area contributed by atoms with Gasteiger partial charge in [-0.3, -0.25) is 0 Å². The molecular formula is C10H13FN2O3. The second-order valence-electron chi connectivity index (χ2n) is 3.10. The molecule has 0 saturated heterocycles. The number of hydrogen-bond donors (Lipinski definition) is 2. The van der Waals surface area contributed by atoms with Crippen LogP contribution in [0.3, 0.4) is 0 Å². The summed E-state index contributed by atoms with van der Waals surface area (Å²) < 4.78 is 18.3. The number of rotatable bonds is 6. The number of hydrogen-bond acceptors (Lipinski definition) is 4. The lowest BCUT2D eigenvalue weighted by atomic mass is 10.2. The number of aromatic nitrogens is 1. The minimum Gasteiger partial charge on any atom is -0.478 e. The third-order valence-corrected chi connectivity index (χ3v) is 1.94. The minimum absolute atomic E-state index is 0.0454. The maximum Gasteiger partial charge on any atom is 0.338 e. The predicted molar refractivity (Wildman–Crippen MR) is 56.1 cm³/mol. The Morgan fingerprint density at radius 2 is 2.44 bits per heavy atom. The molecule has 0 amide bonds. The summed E-state index contributed by atoms with van der Waals surface area (Å²) in [6.45, 7) is 1.02. The van der Waals surface area contributed by atoms with Crippen molar-refractivity contribution in [1.29, 1.82) is 0 Å². The topological polar surface area (TPSA) is 71.5 Å². The van der Waals surface area contributed by atoms with Crippen LogP contribution in [0.5, 0.6) is 0 Å². The van der Waals surface area contributed by atoms with Gasteiger partial charge in [0.2, 0.25) is 0 Å². The van der Waals surface area contributed by atoms with Crippen LogP contribution in [0.1, 0.15) is 16.8 Å². The van der Waals surface area contributed by atoms with E-state index in [4.69, 9.17) is 9.84 Å². The van der Waals surface area contributed by atoms with E-state index in [1.54, 1.807) is 7.11 Å². The first-order valence-electron chi connectivity index (χ1n) is 4.77. The Balaban J connectivity index is 2.66. The summed E-state index contributed by atoms with van der Waals surface area (Å²) in [6.07, 6.45) is 1.94. The summed E-state index contributed by atoms with van der Waals surface area (Å²) in [6, 6.07) is 1.12. The smallest absolute Gasteiger partial charge is 0.338 e. The van der Waals surface area contributed by atoms with Crippen molar-refractivity contribution in [2.24, 2.45) is 0 Å². The van der Waals surface area contributed by atoms with Gasteiger partial charge in [0.15, 0.2) is 11.6 Å². The summed E-state index contributed by atoms with van der Waals surface area (Å²) in [5.41, 5.74) is -0.385. The highest BCUT2D eigenvalue weighted by Crippen LogP contribution is 2.14. The maximum atomic E-state index is 13.5. The van der Waals surface area contributed by atoms with Crippen LogP contribution in [0.25, 0.3) is 0 Å². The van der Waals surface area contributed by atoms with E-state index in [1.165, 1.54) is 6.20 Å². The van der Waals surface area contributed by atoms with Gasteiger partial charge in [-0.15, -0.1) is 0 Å². The van der Waals surface area contributed by atoms with E-state index >= 15 is 0 Å². The fraction of sp³-hybridized carbons (Fsp3) is 0.400. The number of nitrogens with one attached hydrogen (secondary N) is 1. The molecule has 1 aromatic rings. The molecule has 0 atom stereocenters. The van der Waals surface area contributed by atoms with Gasteiger partial charge in [0.25, 0.3) is 0 Å². The quantitative estimate of drug-likeness (QED) is 0.719. The van der Waals surface area contributed by atoms with E-state index in [9.17, 15) is 9.18 Å². The molecule has 6 heteroatoms. The molecule has 0 aliphatic heterocycles. The number of anilines is 1. The Labute approximate surface area is 92.3 Å². The molecule has 0 unspecified atom stereocenters. The number of pyridine rings is 1. The first-order valence-corrected chi connectivity index (χ1v) is 4.77. The van der Waals surface area contributed by atoms with Crippen LogP contribution in [-0.4, -0.2) is 36.3 Å². The van der Waals surface area contributed by atoms with Crippen molar-refractivity contribution >= 4 is 11.8 Å². The summed E-state index contributed by atoms with van der Waals surface area (Å²) in [7, 11) is 1.57. The van der Waals surface area contributed by atoms with Crippen molar-refractivity contribution in [3.8, 4) is 0 Å². The van der Waals surface area contributed by atoms with Gasteiger partial charge in [-0.1, -0.05) is 0 Å². The lowest BCUT2D eigenvalue weighted by molar-refractivity contribution is 0.0692. The first-order chi connectivity index (χ1) is 7.66. The monoisotopic (exact) mass is 228 g/mol. The predicted octanol–water partition coefficient (Wildman–Crippen LogP) is 1.37. The van der Waals surface area contributed by atoms with Gasteiger partial charge in [-0.25, -0.2) is 14.2 Å². The average Bonchev–Trinajstić information content (AvgIpc) is 2.26. The van der Waals surface area contributed by atoms with Crippen LogP contribution in [0.4, 0.5) is 10.2 Å². The Morgan fingerprint density at radius 3 is 3.06 bits per heavy atom. The van der Waals surface area contributed by atoms with Crippen molar-refractivity contribution in [3.63, 3.8) is 0 Å². The number of carboxylic acid groups (broad SMARTS) is 1. The molecule has 0 radical (unpaired) electrons.